The van der Waals surface area contributed by atoms with Crippen LogP contribution in [0.25, 0.3) is 0 Å². The number of carbonyl (C=O) groups excluding carboxylic acids is 1. The van der Waals surface area contributed by atoms with E-state index in [4.69, 9.17) is 0 Å². The Balaban J connectivity index is 0.00000220. The summed E-state index contributed by atoms with van der Waals surface area (Å²) in [6, 6.07) is 3.63. The molecule has 1 heterocycles. The van der Waals surface area contributed by atoms with Gasteiger partial charge in [0, 0.05) is 13.1 Å². The summed E-state index contributed by atoms with van der Waals surface area (Å²) in [6.07, 6.45) is 2.25. The quantitative estimate of drug-likeness (QED) is 0.924. The first-order valence-electron chi connectivity index (χ1n) is 6.96. The number of benzene rings is 1. The summed E-state index contributed by atoms with van der Waals surface area (Å²) >= 11 is 0. The molecule has 0 radical (unpaired) electrons. The summed E-state index contributed by atoms with van der Waals surface area (Å²) in [5.41, 5.74) is 0.518. The summed E-state index contributed by atoms with van der Waals surface area (Å²) in [6.45, 7) is 2.39. The summed E-state index contributed by atoms with van der Waals surface area (Å²) < 4.78 is 26.0. The van der Waals surface area contributed by atoms with Gasteiger partial charge in [0.2, 0.25) is 5.91 Å². The van der Waals surface area contributed by atoms with Crippen LogP contribution in [0.4, 0.5) is 8.78 Å². The summed E-state index contributed by atoms with van der Waals surface area (Å²) in [7, 11) is 1.90. The SMILES string of the molecule is CNCC1CCCN(C(=O)Cc2ccc(F)c(F)c2)C1.Cl. The summed E-state index contributed by atoms with van der Waals surface area (Å²) in [5, 5.41) is 3.13. The first-order chi connectivity index (χ1) is 9.60. The largest absolute Gasteiger partial charge is 0.342 e. The topological polar surface area (TPSA) is 32.3 Å². The molecule has 2 rings (SSSR count). The van der Waals surface area contributed by atoms with E-state index in [2.05, 4.69) is 5.32 Å². The highest BCUT2D eigenvalue weighted by molar-refractivity contribution is 5.85. The van der Waals surface area contributed by atoms with Crippen molar-refractivity contribution in [3.05, 3.63) is 35.4 Å². The van der Waals surface area contributed by atoms with Crippen molar-refractivity contribution in [1.29, 1.82) is 0 Å². The Morgan fingerprint density at radius 1 is 1.38 bits per heavy atom. The number of amides is 1. The van der Waals surface area contributed by atoms with Crippen LogP contribution in [0.1, 0.15) is 18.4 Å². The van der Waals surface area contributed by atoms with E-state index in [9.17, 15) is 13.6 Å². The molecule has 1 N–H and O–H groups in total. The van der Waals surface area contributed by atoms with Gasteiger partial charge in [-0.05, 0) is 50.0 Å². The Morgan fingerprint density at radius 2 is 2.14 bits per heavy atom. The van der Waals surface area contributed by atoms with E-state index in [1.165, 1.54) is 6.07 Å². The predicted octanol–water partition coefficient (Wildman–Crippen LogP) is 2.39. The fraction of sp³-hybridized carbons (Fsp3) is 0.533. The van der Waals surface area contributed by atoms with Crippen molar-refractivity contribution in [2.45, 2.75) is 19.3 Å². The fourth-order valence-corrected chi connectivity index (χ4v) is 2.68. The molecule has 3 nitrogen and oxygen atoms in total. The van der Waals surface area contributed by atoms with Gasteiger partial charge in [-0.25, -0.2) is 8.78 Å². The van der Waals surface area contributed by atoms with Crippen molar-refractivity contribution in [2.24, 2.45) is 5.92 Å². The molecule has 118 valence electrons. The second-order valence-electron chi connectivity index (χ2n) is 5.33. The van der Waals surface area contributed by atoms with Crippen LogP contribution in [0.2, 0.25) is 0 Å². The average Bonchev–Trinajstić information content (AvgIpc) is 2.43. The van der Waals surface area contributed by atoms with Crippen LogP contribution in [0.5, 0.6) is 0 Å². The highest BCUT2D eigenvalue weighted by Gasteiger charge is 2.23. The van der Waals surface area contributed by atoms with E-state index in [-0.39, 0.29) is 24.7 Å². The Bertz CT molecular complexity index is 483. The van der Waals surface area contributed by atoms with Gasteiger partial charge in [-0.1, -0.05) is 6.07 Å². The normalized spacial score (nSPS) is 18.2. The predicted molar refractivity (Wildman–Crippen MR) is 80.5 cm³/mol. The molecule has 1 aliphatic rings. The molecule has 0 aromatic heterocycles. The first-order valence-corrected chi connectivity index (χ1v) is 6.96. The Labute approximate surface area is 130 Å². The van der Waals surface area contributed by atoms with Crippen molar-refractivity contribution in [3.63, 3.8) is 0 Å². The van der Waals surface area contributed by atoms with E-state index < -0.39 is 11.6 Å². The molecule has 0 aliphatic carbocycles. The average molecular weight is 319 g/mol. The minimum absolute atomic E-state index is 0. The van der Waals surface area contributed by atoms with Gasteiger partial charge in [-0.3, -0.25) is 4.79 Å². The maximum atomic E-state index is 13.1. The van der Waals surface area contributed by atoms with Gasteiger partial charge in [0.1, 0.15) is 0 Å². The van der Waals surface area contributed by atoms with Gasteiger partial charge in [0.05, 0.1) is 6.42 Å². The molecule has 0 bridgehead atoms. The smallest absolute Gasteiger partial charge is 0.227 e. The zero-order chi connectivity index (χ0) is 14.5. The number of nitrogens with one attached hydrogen (secondary N) is 1. The van der Waals surface area contributed by atoms with Crippen molar-refractivity contribution in [2.75, 3.05) is 26.7 Å². The van der Waals surface area contributed by atoms with Crippen LogP contribution >= 0.6 is 12.4 Å². The molecule has 0 saturated carbocycles. The van der Waals surface area contributed by atoms with Crippen LogP contribution in [0.15, 0.2) is 18.2 Å². The van der Waals surface area contributed by atoms with E-state index in [0.29, 0.717) is 11.5 Å². The van der Waals surface area contributed by atoms with Crippen molar-refractivity contribution in [1.82, 2.24) is 10.2 Å². The van der Waals surface area contributed by atoms with E-state index in [0.717, 1.165) is 44.6 Å². The lowest BCUT2D eigenvalue weighted by molar-refractivity contribution is -0.132. The molecule has 1 saturated heterocycles. The highest BCUT2D eigenvalue weighted by atomic mass is 35.5. The van der Waals surface area contributed by atoms with E-state index in [1.54, 1.807) is 0 Å². The van der Waals surface area contributed by atoms with Crippen LogP contribution in [0, 0.1) is 17.6 Å². The minimum Gasteiger partial charge on any atom is -0.342 e. The molecule has 1 unspecified atom stereocenters. The third-order valence-electron chi connectivity index (χ3n) is 3.70. The highest BCUT2D eigenvalue weighted by Crippen LogP contribution is 2.17. The lowest BCUT2D eigenvalue weighted by Crippen LogP contribution is -2.43. The molecule has 21 heavy (non-hydrogen) atoms. The molecule has 1 fully saturated rings. The van der Waals surface area contributed by atoms with Gasteiger partial charge in [0.15, 0.2) is 11.6 Å². The van der Waals surface area contributed by atoms with Crippen LogP contribution in [0.3, 0.4) is 0 Å². The molecule has 1 atom stereocenters. The van der Waals surface area contributed by atoms with Gasteiger partial charge in [-0.15, -0.1) is 12.4 Å². The maximum absolute atomic E-state index is 13.1. The van der Waals surface area contributed by atoms with Gasteiger partial charge in [0.25, 0.3) is 0 Å². The zero-order valence-corrected chi connectivity index (χ0v) is 12.9. The third kappa shape index (κ3) is 4.93. The molecule has 1 amide bonds. The Hall–Kier alpha value is -1.20. The van der Waals surface area contributed by atoms with Crippen molar-refractivity contribution < 1.29 is 13.6 Å². The molecule has 1 aliphatic heterocycles. The molecule has 1 aromatic rings. The number of rotatable bonds is 4. The number of piperidine rings is 1. The lowest BCUT2D eigenvalue weighted by Gasteiger charge is -2.32. The molecule has 6 heteroatoms. The van der Waals surface area contributed by atoms with Crippen LogP contribution in [-0.4, -0.2) is 37.5 Å². The molecule has 1 aromatic carbocycles. The number of hydrogen-bond acceptors (Lipinski definition) is 2. The zero-order valence-electron chi connectivity index (χ0n) is 12.1. The van der Waals surface area contributed by atoms with Gasteiger partial charge in [-0.2, -0.15) is 0 Å². The number of carbonyl (C=O) groups is 1. The van der Waals surface area contributed by atoms with Crippen LogP contribution in [-0.2, 0) is 11.2 Å². The van der Waals surface area contributed by atoms with E-state index >= 15 is 0 Å². The standard InChI is InChI=1S/C15H20F2N2O.ClH/c1-18-9-12-3-2-6-19(10-12)15(20)8-11-4-5-13(16)14(17)7-11;/h4-5,7,12,18H,2-3,6,8-10H2,1H3;1H. The van der Waals surface area contributed by atoms with Crippen molar-refractivity contribution >= 4 is 18.3 Å². The number of halogens is 3. The second-order valence-corrected chi connectivity index (χ2v) is 5.33. The Kier molecular flexibility index (Phi) is 7.05. The number of hydrogen-bond donors (Lipinski definition) is 1. The minimum atomic E-state index is -0.901. The molecular weight excluding hydrogens is 298 g/mol. The van der Waals surface area contributed by atoms with Crippen molar-refractivity contribution in [3.8, 4) is 0 Å². The van der Waals surface area contributed by atoms with Crippen LogP contribution < -0.4 is 5.32 Å². The van der Waals surface area contributed by atoms with E-state index in [1.807, 2.05) is 11.9 Å². The summed E-state index contributed by atoms with van der Waals surface area (Å²) in [4.78, 5) is 14.0. The monoisotopic (exact) mass is 318 g/mol. The lowest BCUT2D eigenvalue weighted by atomic mass is 9.97. The maximum Gasteiger partial charge on any atom is 0.227 e. The summed E-state index contributed by atoms with van der Waals surface area (Å²) in [5.74, 6) is -1.32. The van der Waals surface area contributed by atoms with Gasteiger partial charge < -0.3 is 10.2 Å². The number of nitrogens with zero attached hydrogens (tertiary/aromatic N) is 1. The third-order valence-corrected chi connectivity index (χ3v) is 3.70. The molecular formula is C15H21ClF2N2O. The number of likely N-dealkylation sites (tertiary alicyclic amines) is 1. The Morgan fingerprint density at radius 3 is 2.81 bits per heavy atom. The van der Waals surface area contributed by atoms with Gasteiger partial charge >= 0.3 is 0 Å². The molecule has 0 spiro atoms. The fourth-order valence-electron chi connectivity index (χ4n) is 2.68. The first kappa shape index (κ1) is 17.9. The second kappa shape index (κ2) is 8.29.